The highest BCUT2D eigenvalue weighted by atomic mass is 32.2. The third-order valence-corrected chi connectivity index (χ3v) is 7.80. The number of carbonyl (C=O) groups is 2. The summed E-state index contributed by atoms with van der Waals surface area (Å²) in [5.41, 5.74) is 3.64. The number of carbonyl (C=O) groups excluding carboxylic acids is 2. The highest BCUT2D eigenvalue weighted by Gasteiger charge is 2.24. The summed E-state index contributed by atoms with van der Waals surface area (Å²) >= 11 is 2.91. The van der Waals surface area contributed by atoms with Gasteiger partial charge in [0.1, 0.15) is 4.83 Å². The molecule has 3 heterocycles. The van der Waals surface area contributed by atoms with E-state index in [9.17, 15) is 14.4 Å². The number of rotatable bonds is 7. The highest BCUT2D eigenvalue weighted by Crippen LogP contribution is 2.35. The minimum Gasteiger partial charge on any atom is -0.355 e. The van der Waals surface area contributed by atoms with E-state index in [-0.39, 0.29) is 22.9 Å². The molecule has 0 fully saturated rings. The molecule has 30 heavy (non-hydrogen) atoms. The molecule has 3 aromatic rings. The molecule has 0 aliphatic heterocycles. The molecule has 1 aliphatic rings. The highest BCUT2D eigenvalue weighted by molar-refractivity contribution is 7.99. The normalized spacial score (nSPS) is 13.2. The summed E-state index contributed by atoms with van der Waals surface area (Å²) in [7, 11) is 0. The number of fused-ring (bicyclic) bond motifs is 3. The Labute approximate surface area is 183 Å². The number of nitrogens with zero attached hydrogens (tertiary/aromatic N) is 2. The second kappa shape index (κ2) is 8.15. The second-order valence-corrected chi connectivity index (χ2v) is 9.81. The zero-order valence-electron chi connectivity index (χ0n) is 17.7. The molecule has 0 saturated carbocycles. The maximum atomic E-state index is 13.2. The molecule has 0 saturated heterocycles. The van der Waals surface area contributed by atoms with Crippen molar-refractivity contribution in [3.8, 4) is 0 Å². The molecule has 0 unspecified atom stereocenters. The third-order valence-electron chi connectivity index (χ3n) is 5.64. The van der Waals surface area contributed by atoms with E-state index >= 15 is 0 Å². The molecule has 1 N–H and O–H groups in total. The molecule has 1 aliphatic carbocycles. The number of nitrogens with one attached hydrogen (secondary N) is 1. The quantitative estimate of drug-likeness (QED) is 0.331. The SMILES string of the molecule is CCCn1c(SCC(=O)c2[nH]c(C)c(C(C)=O)c2C)nc2sc3c(c2c1=O)CCC3. The standard InChI is InChI=1S/C22H25N3O3S2/c1-5-9-25-21(28)18-14-7-6-8-16(14)30-20(18)24-22(25)29-10-15(27)19-11(2)17(13(4)26)12(3)23-19/h23H,5-10H2,1-4H3. The van der Waals surface area contributed by atoms with Crippen molar-refractivity contribution in [1.82, 2.24) is 14.5 Å². The molecule has 8 heteroatoms. The van der Waals surface area contributed by atoms with Crippen LogP contribution in [0.1, 0.15) is 69.2 Å². The first-order valence-electron chi connectivity index (χ1n) is 10.2. The number of thioether (sulfide) groups is 1. The lowest BCUT2D eigenvalue weighted by Gasteiger charge is -2.11. The van der Waals surface area contributed by atoms with Crippen LogP contribution in [0, 0.1) is 13.8 Å². The summed E-state index contributed by atoms with van der Waals surface area (Å²) in [6.45, 7) is 7.72. The van der Waals surface area contributed by atoms with Crippen LogP contribution in [-0.4, -0.2) is 31.9 Å². The van der Waals surface area contributed by atoms with E-state index in [0.29, 0.717) is 34.2 Å². The van der Waals surface area contributed by atoms with Gasteiger partial charge in [-0.25, -0.2) is 4.98 Å². The number of thiophene rings is 1. The molecule has 4 rings (SSSR count). The Bertz CT molecular complexity index is 1230. The van der Waals surface area contributed by atoms with Crippen LogP contribution in [0.3, 0.4) is 0 Å². The van der Waals surface area contributed by atoms with Crippen LogP contribution < -0.4 is 5.56 Å². The van der Waals surface area contributed by atoms with Crippen molar-refractivity contribution in [2.45, 2.75) is 65.1 Å². The molecule has 0 bridgehead atoms. The first kappa shape index (κ1) is 21.1. The predicted molar refractivity (Wildman–Crippen MR) is 122 cm³/mol. The molecule has 158 valence electrons. The molecule has 0 amide bonds. The Kier molecular flexibility index (Phi) is 5.72. The Morgan fingerprint density at radius 1 is 1.27 bits per heavy atom. The van der Waals surface area contributed by atoms with Crippen molar-refractivity contribution in [3.05, 3.63) is 43.3 Å². The molecule has 6 nitrogen and oxygen atoms in total. The van der Waals surface area contributed by atoms with Crippen LogP contribution in [0.5, 0.6) is 0 Å². The minimum absolute atomic E-state index is 0.0157. The molecular formula is C22H25N3O3S2. The molecule has 0 spiro atoms. The average Bonchev–Trinajstić information content (AvgIpc) is 3.34. The Hall–Kier alpha value is -2.19. The van der Waals surface area contributed by atoms with E-state index in [1.807, 2.05) is 6.92 Å². The van der Waals surface area contributed by atoms with Gasteiger partial charge in [0.25, 0.3) is 5.56 Å². The second-order valence-electron chi connectivity index (χ2n) is 7.78. The summed E-state index contributed by atoms with van der Waals surface area (Å²) in [6.07, 6.45) is 3.89. The smallest absolute Gasteiger partial charge is 0.263 e. The zero-order chi connectivity index (χ0) is 21.6. The van der Waals surface area contributed by atoms with Gasteiger partial charge < -0.3 is 4.98 Å². The summed E-state index contributed by atoms with van der Waals surface area (Å²) in [5, 5.41) is 1.37. The van der Waals surface area contributed by atoms with Gasteiger partial charge in [0.05, 0.1) is 16.8 Å². The number of hydrogen-bond donors (Lipinski definition) is 1. The van der Waals surface area contributed by atoms with E-state index < -0.39 is 0 Å². The third kappa shape index (κ3) is 3.46. The van der Waals surface area contributed by atoms with E-state index in [1.165, 1.54) is 29.1 Å². The number of aromatic nitrogens is 3. The minimum atomic E-state index is -0.0980. The number of aryl methyl sites for hydroxylation is 3. The largest absolute Gasteiger partial charge is 0.355 e. The lowest BCUT2D eigenvalue weighted by molar-refractivity contribution is 0.101. The van der Waals surface area contributed by atoms with Gasteiger partial charge in [0.15, 0.2) is 16.7 Å². The van der Waals surface area contributed by atoms with Crippen molar-refractivity contribution < 1.29 is 9.59 Å². The van der Waals surface area contributed by atoms with Crippen LogP contribution in [-0.2, 0) is 19.4 Å². The Morgan fingerprint density at radius 2 is 2.03 bits per heavy atom. The van der Waals surface area contributed by atoms with Gasteiger partial charge in [0.2, 0.25) is 0 Å². The van der Waals surface area contributed by atoms with E-state index in [0.717, 1.165) is 35.9 Å². The van der Waals surface area contributed by atoms with Gasteiger partial charge in [-0.2, -0.15) is 0 Å². The van der Waals surface area contributed by atoms with Crippen LogP contribution in [0.25, 0.3) is 10.2 Å². The fourth-order valence-electron chi connectivity index (χ4n) is 4.35. The Balaban J connectivity index is 1.66. The van der Waals surface area contributed by atoms with Crippen LogP contribution in [0.4, 0.5) is 0 Å². The van der Waals surface area contributed by atoms with Gasteiger partial charge in [-0.05, 0) is 57.6 Å². The summed E-state index contributed by atoms with van der Waals surface area (Å²) < 4.78 is 1.72. The number of hydrogen-bond acceptors (Lipinski definition) is 6. The molecule has 0 radical (unpaired) electrons. The maximum Gasteiger partial charge on any atom is 0.263 e. The average molecular weight is 444 g/mol. The van der Waals surface area contributed by atoms with Gasteiger partial charge in [-0.15, -0.1) is 11.3 Å². The van der Waals surface area contributed by atoms with Crippen molar-refractivity contribution in [2.24, 2.45) is 0 Å². The van der Waals surface area contributed by atoms with Crippen LogP contribution in [0.15, 0.2) is 9.95 Å². The monoisotopic (exact) mass is 443 g/mol. The van der Waals surface area contributed by atoms with Crippen molar-refractivity contribution in [1.29, 1.82) is 0 Å². The fraction of sp³-hybridized carbons (Fsp3) is 0.455. The summed E-state index contributed by atoms with van der Waals surface area (Å²) in [5.74, 6) is 0.00649. The molecule has 0 atom stereocenters. The lowest BCUT2D eigenvalue weighted by atomic mass is 10.1. The number of Topliss-reactive ketones (excluding diaryl/α,β-unsaturated/α-hetero) is 2. The van der Waals surface area contributed by atoms with Gasteiger partial charge in [0, 0.05) is 22.7 Å². The molecule has 3 aromatic heterocycles. The molecular weight excluding hydrogens is 418 g/mol. The topological polar surface area (TPSA) is 84.8 Å². The number of ketones is 2. The first-order chi connectivity index (χ1) is 14.3. The van der Waals surface area contributed by atoms with Crippen molar-refractivity contribution in [3.63, 3.8) is 0 Å². The number of H-pyrrole nitrogens is 1. The maximum absolute atomic E-state index is 13.2. The Morgan fingerprint density at radius 3 is 2.70 bits per heavy atom. The van der Waals surface area contributed by atoms with Gasteiger partial charge >= 0.3 is 0 Å². The van der Waals surface area contributed by atoms with Crippen molar-refractivity contribution >= 4 is 44.9 Å². The summed E-state index contributed by atoms with van der Waals surface area (Å²) in [6, 6.07) is 0. The van der Waals surface area contributed by atoms with Gasteiger partial charge in [-0.1, -0.05) is 18.7 Å². The zero-order valence-corrected chi connectivity index (χ0v) is 19.3. The summed E-state index contributed by atoms with van der Waals surface area (Å²) in [4.78, 5) is 47.9. The van der Waals surface area contributed by atoms with E-state index in [1.54, 1.807) is 29.8 Å². The van der Waals surface area contributed by atoms with Crippen LogP contribution >= 0.6 is 23.1 Å². The first-order valence-corrected chi connectivity index (χ1v) is 12.0. The number of aromatic amines is 1. The fourth-order valence-corrected chi connectivity index (χ4v) is 6.55. The van der Waals surface area contributed by atoms with Crippen LogP contribution in [0.2, 0.25) is 0 Å². The lowest BCUT2D eigenvalue weighted by Crippen LogP contribution is -2.23. The van der Waals surface area contributed by atoms with E-state index in [4.69, 9.17) is 4.98 Å². The van der Waals surface area contributed by atoms with Crippen molar-refractivity contribution in [2.75, 3.05) is 5.75 Å². The van der Waals surface area contributed by atoms with Gasteiger partial charge in [-0.3, -0.25) is 19.0 Å². The van der Waals surface area contributed by atoms with E-state index in [2.05, 4.69) is 4.98 Å². The molecule has 0 aromatic carbocycles. The predicted octanol–water partition coefficient (Wildman–Crippen LogP) is 4.48.